The van der Waals surface area contributed by atoms with Gasteiger partial charge in [0.25, 0.3) is 5.56 Å². The van der Waals surface area contributed by atoms with E-state index in [9.17, 15) is 9.59 Å². The van der Waals surface area contributed by atoms with Crippen molar-refractivity contribution < 1.29 is 0 Å². The SMILES string of the molecule is CCn1c(=O)cc(-c2cccc(I)c2)[nH]c1=O. The Morgan fingerprint density at radius 3 is 2.65 bits per heavy atom. The lowest BCUT2D eigenvalue weighted by Gasteiger charge is -2.04. The smallest absolute Gasteiger partial charge is 0.307 e. The number of H-pyrrole nitrogens is 1. The van der Waals surface area contributed by atoms with E-state index < -0.39 is 0 Å². The van der Waals surface area contributed by atoms with Crippen molar-refractivity contribution in [3.05, 3.63) is 54.7 Å². The molecule has 0 unspecified atom stereocenters. The molecule has 0 saturated carbocycles. The van der Waals surface area contributed by atoms with Crippen LogP contribution in [0.2, 0.25) is 0 Å². The maximum atomic E-state index is 11.7. The molecule has 0 radical (unpaired) electrons. The van der Waals surface area contributed by atoms with Crippen LogP contribution in [0.1, 0.15) is 6.92 Å². The van der Waals surface area contributed by atoms with E-state index in [0.717, 1.165) is 13.7 Å². The van der Waals surface area contributed by atoms with Crippen molar-refractivity contribution in [1.82, 2.24) is 9.55 Å². The molecule has 2 rings (SSSR count). The van der Waals surface area contributed by atoms with E-state index in [1.54, 1.807) is 6.92 Å². The molecule has 0 atom stereocenters. The Hall–Kier alpha value is -1.37. The fourth-order valence-electron chi connectivity index (χ4n) is 1.63. The van der Waals surface area contributed by atoms with Crippen LogP contribution in [-0.4, -0.2) is 9.55 Å². The van der Waals surface area contributed by atoms with E-state index in [2.05, 4.69) is 27.6 Å². The van der Waals surface area contributed by atoms with Crippen molar-refractivity contribution in [1.29, 1.82) is 0 Å². The van der Waals surface area contributed by atoms with Crippen LogP contribution in [0.3, 0.4) is 0 Å². The minimum atomic E-state index is -0.367. The van der Waals surface area contributed by atoms with Crippen molar-refractivity contribution in [3.63, 3.8) is 0 Å². The van der Waals surface area contributed by atoms with E-state index in [-0.39, 0.29) is 11.2 Å². The second-order valence-corrected chi connectivity index (χ2v) is 4.83. The van der Waals surface area contributed by atoms with Gasteiger partial charge < -0.3 is 4.98 Å². The highest BCUT2D eigenvalue weighted by Gasteiger charge is 2.04. The highest BCUT2D eigenvalue weighted by molar-refractivity contribution is 14.1. The summed E-state index contributed by atoms with van der Waals surface area (Å²) in [6.45, 7) is 2.14. The number of aromatic amines is 1. The van der Waals surface area contributed by atoms with Gasteiger partial charge in [0, 0.05) is 16.2 Å². The molecule has 0 saturated heterocycles. The van der Waals surface area contributed by atoms with Crippen molar-refractivity contribution in [2.24, 2.45) is 0 Å². The number of aromatic nitrogens is 2. The van der Waals surface area contributed by atoms with Gasteiger partial charge in [-0.05, 0) is 47.2 Å². The Morgan fingerprint density at radius 1 is 1.29 bits per heavy atom. The van der Waals surface area contributed by atoms with Crippen LogP contribution >= 0.6 is 22.6 Å². The summed E-state index contributed by atoms with van der Waals surface area (Å²) in [4.78, 5) is 26.1. The van der Waals surface area contributed by atoms with Crippen LogP contribution in [-0.2, 0) is 6.54 Å². The topological polar surface area (TPSA) is 54.9 Å². The van der Waals surface area contributed by atoms with Crippen LogP contribution in [0.15, 0.2) is 39.9 Å². The van der Waals surface area contributed by atoms with Gasteiger partial charge in [0.2, 0.25) is 0 Å². The van der Waals surface area contributed by atoms with Gasteiger partial charge in [-0.2, -0.15) is 0 Å². The number of hydrogen-bond donors (Lipinski definition) is 1. The molecule has 17 heavy (non-hydrogen) atoms. The third kappa shape index (κ3) is 2.49. The zero-order chi connectivity index (χ0) is 12.4. The van der Waals surface area contributed by atoms with E-state index in [1.165, 1.54) is 6.07 Å². The van der Waals surface area contributed by atoms with E-state index in [4.69, 9.17) is 0 Å². The Kier molecular flexibility index (Phi) is 3.46. The molecule has 0 spiro atoms. The van der Waals surface area contributed by atoms with Gasteiger partial charge >= 0.3 is 5.69 Å². The van der Waals surface area contributed by atoms with E-state index >= 15 is 0 Å². The van der Waals surface area contributed by atoms with Crippen LogP contribution in [0.25, 0.3) is 11.3 Å². The highest BCUT2D eigenvalue weighted by Crippen LogP contribution is 2.16. The van der Waals surface area contributed by atoms with Gasteiger partial charge in [0.05, 0.1) is 5.69 Å². The number of hydrogen-bond acceptors (Lipinski definition) is 2. The first kappa shape index (κ1) is 12.1. The summed E-state index contributed by atoms with van der Waals surface area (Å²) in [7, 11) is 0. The predicted octanol–water partition coefficient (Wildman–Crippen LogP) is 1.83. The molecule has 1 heterocycles. The first-order valence-electron chi connectivity index (χ1n) is 5.22. The van der Waals surface area contributed by atoms with Crippen molar-refractivity contribution in [2.45, 2.75) is 13.5 Å². The summed E-state index contributed by atoms with van der Waals surface area (Å²) in [6.07, 6.45) is 0. The second kappa shape index (κ2) is 4.87. The molecule has 0 amide bonds. The Bertz CT molecular complexity index is 627. The molecule has 0 aliphatic rings. The lowest BCUT2D eigenvalue weighted by atomic mass is 10.1. The molecule has 5 heteroatoms. The monoisotopic (exact) mass is 342 g/mol. The quantitative estimate of drug-likeness (QED) is 0.847. The standard InChI is InChI=1S/C12H11IN2O2/c1-2-15-11(16)7-10(14-12(15)17)8-4-3-5-9(13)6-8/h3-7H,2H2,1H3,(H,14,17). The normalized spacial score (nSPS) is 10.5. The third-order valence-corrected chi connectivity index (χ3v) is 3.14. The lowest BCUT2D eigenvalue weighted by Crippen LogP contribution is -2.34. The van der Waals surface area contributed by atoms with Gasteiger partial charge in [0.1, 0.15) is 0 Å². The van der Waals surface area contributed by atoms with Crippen molar-refractivity contribution >= 4 is 22.6 Å². The minimum Gasteiger partial charge on any atom is -0.307 e. The number of nitrogens with one attached hydrogen (secondary N) is 1. The Balaban J connectivity index is 2.63. The molecular formula is C12H11IN2O2. The zero-order valence-corrected chi connectivity index (χ0v) is 11.4. The molecule has 88 valence electrons. The zero-order valence-electron chi connectivity index (χ0n) is 9.24. The average molecular weight is 342 g/mol. The van der Waals surface area contributed by atoms with Gasteiger partial charge in [-0.1, -0.05) is 12.1 Å². The lowest BCUT2D eigenvalue weighted by molar-refractivity contribution is 0.674. The molecule has 2 aromatic rings. The largest absolute Gasteiger partial charge is 0.328 e. The van der Waals surface area contributed by atoms with Gasteiger partial charge in [-0.3, -0.25) is 9.36 Å². The fourth-order valence-corrected chi connectivity index (χ4v) is 2.17. The van der Waals surface area contributed by atoms with Crippen LogP contribution < -0.4 is 11.2 Å². The molecular weight excluding hydrogens is 331 g/mol. The van der Waals surface area contributed by atoms with E-state index in [1.807, 2.05) is 24.3 Å². The fraction of sp³-hybridized carbons (Fsp3) is 0.167. The molecule has 4 nitrogen and oxygen atoms in total. The van der Waals surface area contributed by atoms with E-state index in [0.29, 0.717) is 12.2 Å². The summed E-state index contributed by atoms with van der Waals surface area (Å²) >= 11 is 2.19. The van der Waals surface area contributed by atoms with Gasteiger partial charge in [0.15, 0.2) is 0 Å². The summed E-state index contributed by atoms with van der Waals surface area (Å²) in [5.74, 6) is 0. The third-order valence-electron chi connectivity index (χ3n) is 2.47. The molecule has 1 aromatic carbocycles. The number of nitrogens with zero attached hydrogens (tertiary/aromatic N) is 1. The van der Waals surface area contributed by atoms with Gasteiger partial charge in [-0.25, -0.2) is 4.79 Å². The van der Waals surface area contributed by atoms with Crippen molar-refractivity contribution in [3.8, 4) is 11.3 Å². The highest BCUT2D eigenvalue weighted by atomic mass is 127. The first-order valence-corrected chi connectivity index (χ1v) is 6.30. The maximum Gasteiger partial charge on any atom is 0.328 e. The number of rotatable bonds is 2. The molecule has 0 bridgehead atoms. The second-order valence-electron chi connectivity index (χ2n) is 3.58. The summed E-state index contributed by atoms with van der Waals surface area (Å²) < 4.78 is 2.22. The summed E-state index contributed by atoms with van der Waals surface area (Å²) in [5, 5.41) is 0. The first-order chi connectivity index (χ1) is 8.11. The molecule has 1 aromatic heterocycles. The van der Waals surface area contributed by atoms with Crippen molar-refractivity contribution in [2.75, 3.05) is 0 Å². The molecule has 0 aliphatic carbocycles. The average Bonchev–Trinajstić information content (AvgIpc) is 2.28. The molecule has 0 aliphatic heterocycles. The predicted molar refractivity (Wildman–Crippen MR) is 75.1 cm³/mol. The van der Waals surface area contributed by atoms with Gasteiger partial charge in [-0.15, -0.1) is 0 Å². The van der Waals surface area contributed by atoms with Crippen LogP contribution in [0, 0.1) is 3.57 Å². The molecule has 0 fully saturated rings. The maximum absolute atomic E-state index is 11.7. The summed E-state index contributed by atoms with van der Waals surface area (Å²) in [5.41, 5.74) is 0.761. The number of halogens is 1. The minimum absolute atomic E-state index is 0.273. The number of benzene rings is 1. The molecule has 1 N–H and O–H groups in total. The van der Waals surface area contributed by atoms with Crippen LogP contribution in [0.4, 0.5) is 0 Å². The van der Waals surface area contributed by atoms with Crippen LogP contribution in [0.5, 0.6) is 0 Å². The Morgan fingerprint density at radius 2 is 2.06 bits per heavy atom. The summed E-state index contributed by atoms with van der Waals surface area (Å²) in [6, 6.07) is 9.08. The Labute approximate surface area is 111 Å².